The molecule has 0 saturated heterocycles. The number of hydrogen-bond acceptors (Lipinski definition) is 1. The zero-order valence-electron chi connectivity index (χ0n) is 7.88. The predicted molar refractivity (Wildman–Crippen MR) is 49.9 cm³/mol. The largest absolute Gasteiger partial charge is 0.479 e. The van der Waals surface area contributed by atoms with Crippen LogP contribution < -0.4 is 0 Å². The van der Waals surface area contributed by atoms with Gasteiger partial charge < -0.3 is 5.11 Å². The van der Waals surface area contributed by atoms with Crippen LogP contribution in [0.25, 0.3) is 0 Å². The third-order valence-corrected chi connectivity index (χ3v) is 2.77. The van der Waals surface area contributed by atoms with E-state index < -0.39 is 11.6 Å². The quantitative estimate of drug-likeness (QED) is 0.744. The van der Waals surface area contributed by atoms with Crippen molar-refractivity contribution in [3.8, 4) is 0 Å². The van der Waals surface area contributed by atoms with Crippen molar-refractivity contribution in [3.63, 3.8) is 0 Å². The molecule has 14 heavy (non-hydrogen) atoms. The molecule has 0 amide bonds. The maximum absolute atomic E-state index is 14.0. The zero-order chi connectivity index (χ0) is 10.3. The Kier molecular flexibility index (Phi) is 1.84. The fourth-order valence-corrected chi connectivity index (χ4v) is 1.94. The molecule has 1 aliphatic carbocycles. The standard InChI is InChI=1S/C11H11FO2/c1-7-2-3-8-4-5-11(12,10(13)14)9(8)6-7/h2-3,6H,4-5H2,1H3,(H,13,14). The van der Waals surface area contributed by atoms with Crippen molar-refractivity contribution in [1.82, 2.24) is 0 Å². The molecule has 0 aliphatic heterocycles. The van der Waals surface area contributed by atoms with Crippen molar-refractivity contribution in [1.29, 1.82) is 0 Å². The number of aryl methyl sites for hydroxylation is 2. The van der Waals surface area contributed by atoms with Crippen molar-refractivity contribution in [2.75, 3.05) is 0 Å². The van der Waals surface area contributed by atoms with Gasteiger partial charge in [0, 0.05) is 12.0 Å². The van der Waals surface area contributed by atoms with E-state index in [9.17, 15) is 9.18 Å². The van der Waals surface area contributed by atoms with E-state index in [0.717, 1.165) is 11.1 Å². The number of alkyl halides is 1. The first-order chi connectivity index (χ1) is 6.54. The second kappa shape index (κ2) is 2.80. The van der Waals surface area contributed by atoms with E-state index in [0.29, 0.717) is 12.0 Å². The fourth-order valence-electron chi connectivity index (χ4n) is 1.94. The van der Waals surface area contributed by atoms with E-state index in [4.69, 9.17) is 5.11 Å². The molecule has 1 aromatic carbocycles. The number of hydrogen-bond donors (Lipinski definition) is 1. The first-order valence-electron chi connectivity index (χ1n) is 4.56. The number of carboxylic acids is 1. The molecule has 2 rings (SSSR count). The number of aliphatic carboxylic acids is 1. The van der Waals surface area contributed by atoms with Gasteiger partial charge >= 0.3 is 5.97 Å². The Balaban J connectivity index is 2.58. The normalized spacial score (nSPS) is 24.7. The summed E-state index contributed by atoms with van der Waals surface area (Å²) in [7, 11) is 0. The van der Waals surface area contributed by atoms with Crippen molar-refractivity contribution in [3.05, 3.63) is 34.9 Å². The van der Waals surface area contributed by atoms with Gasteiger partial charge in [-0.1, -0.05) is 23.8 Å². The molecule has 1 N–H and O–H groups in total. The van der Waals surface area contributed by atoms with Crippen LogP contribution in [0.5, 0.6) is 0 Å². The predicted octanol–water partition coefficient (Wildman–Crippen LogP) is 2.19. The molecule has 0 radical (unpaired) electrons. The van der Waals surface area contributed by atoms with Gasteiger partial charge in [0.1, 0.15) is 0 Å². The number of carboxylic acid groups (broad SMARTS) is 1. The maximum atomic E-state index is 14.0. The molecule has 0 fully saturated rings. The highest BCUT2D eigenvalue weighted by Crippen LogP contribution is 2.40. The Morgan fingerprint density at radius 2 is 2.29 bits per heavy atom. The highest BCUT2D eigenvalue weighted by Gasteiger charge is 2.46. The number of fused-ring (bicyclic) bond motifs is 1. The molecule has 1 aromatic rings. The molecule has 1 aliphatic rings. The third-order valence-electron chi connectivity index (χ3n) is 2.77. The molecule has 0 saturated carbocycles. The average Bonchev–Trinajstić information content (AvgIpc) is 2.46. The van der Waals surface area contributed by atoms with Crippen molar-refractivity contribution >= 4 is 5.97 Å². The van der Waals surface area contributed by atoms with Gasteiger partial charge in [-0.05, 0) is 18.9 Å². The Morgan fingerprint density at radius 1 is 1.57 bits per heavy atom. The monoisotopic (exact) mass is 194 g/mol. The van der Waals surface area contributed by atoms with Crippen LogP contribution in [0, 0.1) is 6.92 Å². The van der Waals surface area contributed by atoms with Crippen LogP contribution in [0.2, 0.25) is 0 Å². The minimum Gasteiger partial charge on any atom is -0.479 e. The van der Waals surface area contributed by atoms with Crippen molar-refractivity contribution < 1.29 is 14.3 Å². The molecule has 3 heteroatoms. The highest BCUT2D eigenvalue weighted by molar-refractivity contribution is 5.81. The first kappa shape index (κ1) is 9.19. The van der Waals surface area contributed by atoms with Gasteiger partial charge in [0.05, 0.1) is 0 Å². The van der Waals surface area contributed by atoms with Crippen molar-refractivity contribution in [2.24, 2.45) is 0 Å². The van der Waals surface area contributed by atoms with Gasteiger partial charge in [-0.3, -0.25) is 0 Å². The lowest BCUT2D eigenvalue weighted by atomic mass is 9.97. The molecule has 1 atom stereocenters. The zero-order valence-corrected chi connectivity index (χ0v) is 7.88. The van der Waals surface area contributed by atoms with Crippen LogP contribution in [0.1, 0.15) is 23.1 Å². The second-order valence-corrected chi connectivity index (χ2v) is 3.77. The molecule has 74 valence electrons. The SMILES string of the molecule is Cc1ccc2c(c1)C(F)(C(=O)O)CC2. The van der Waals surface area contributed by atoms with Crippen LogP contribution in [-0.2, 0) is 16.9 Å². The summed E-state index contributed by atoms with van der Waals surface area (Å²) >= 11 is 0. The topological polar surface area (TPSA) is 37.3 Å². The van der Waals surface area contributed by atoms with E-state index in [1.54, 1.807) is 6.07 Å². The Hall–Kier alpha value is -1.38. The van der Waals surface area contributed by atoms with E-state index in [1.165, 1.54) is 0 Å². The van der Waals surface area contributed by atoms with E-state index in [-0.39, 0.29) is 6.42 Å². The molecule has 0 bridgehead atoms. The van der Waals surface area contributed by atoms with Gasteiger partial charge in [-0.2, -0.15) is 0 Å². The van der Waals surface area contributed by atoms with Crippen LogP contribution in [0.3, 0.4) is 0 Å². The Morgan fingerprint density at radius 3 is 2.93 bits per heavy atom. The lowest BCUT2D eigenvalue weighted by molar-refractivity contribution is -0.151. The minimum absolute atomic E-state index is 0.0567. The van der Waals surface area contributed by atoms with E-state index in [1.807, 2.05) is 19.1 Å². The van der Waals surface area contributed by atoms with Crippen molar-refractivity contribution in [2.45, 2.75) is 25.4 Å². The molecule has 0 heterocycles. The number of carbonyl (C=O) groups is 1. The summed E-state index contributed by atoms with van der Waals surface area (Å²) in [6, 6.07) is 5.33. The average molecular weight is 194 g/mol. The molecule has 0 aromatic heterocycles. The maximum Gasteiger partial charge on any atom is 0.346 e. The van der Waals surface area contributed by atoms with Gasteiger partial charge in [-0.25, -0.2) is 9.18 Å². The van der Waals surface area contributed by atoms with E-state index >= 15 is 0 Å². The molecular weight excluding hydrogens is 183 g/mol. The van der Waals surface area contributed by atoms with E-state index in [2.05, 4.69) is 0 Å². The highest BCUT2D eigenvalue weighted by atomic mass is 19.1. The number of rotatable bonds is 1. The second-order valence-electron chi connectivity index (χ2n) is 3.77. The summed E-state index contributed by atoms with van der Waals surface area (Å²) in [6.07, 6.45) is 0.569. The lowest BCUT2D eigenvalue weighted by Gasteiger charge is -2.15. The fraction of sp³-hybridized carbons (Fsp3) is 0.364. The Bertz CT molecular complexity index is 400. The minimum atomic E-state index is -2.17. The summed E-state index contributed by atoms with van der Waals surface area (Å²) in [4.78, 5) is 10.8. The van der Waals surface area contributed by atoms with Crippen LogP contribution in [-0.4, -0.2) is 11.1 Å². The molecule has 2 nitrogen and oxygen atoms in total. The number of halogens is 1. The molecule has 0 spiro atoms. The third kappa shape index (κ3) is 1.12. The molecular formula is C11H11FO2. The first-order valence-corrected chi connectivity index (χ1v) is 4.56. The summed E-state index contributed by atoms with van der Waals surface area (Å²) in [5, 5.41) is 8.84. The smallest absolute Gasteiger partial charge is 0.346 e. The summed E-state index contributed by atoms with van der Waals surface area (Å²) in [5.41, 5.74) is -0.110. The van der Waals surface area contributed by atoms with Gasteiger partial charge in [0.25, 0.3) is 0 Å². The lowest BCUT2D eigenvalue weighted by Crippen LogP contribution is -2.27. The summed E-state index contributed by atoms with van der Waals surface area (Å²) in [6.45, 7) is 1.83. The van der Waals surface area contributed by atoms with Gasteiger partial charge in [-0.15, -0.1) is 0 Å². The summed E-state index contributed by atoms with van der Waals surface area (Å²) in [5.74, 6) is -1.37. The van der Waals surface area contributed by atoms with Gasteiger partial charge in [0.2, 0.25) is 5.67 Å². The van der Waals surface area contributed by atoms with Gasteiger partial charge in [0.15, 0.2) is 0 Å². The number of benzene rings is 1. The summed E-state index contributed by atoms with van der Waals surface area (Å²) < 4.78 is 14.0. The van der Waals surface area contributed by atoms with Crippen LogP contribution in [0.15, 0.2) is 18.2 Å². The Labute approximate surface area is 81.4 Å². The van der Waals surface area contributed by atoms with Crippen LogP contribution in [0.4, 0.5) is 4.39 Å². The van der Waals surface area contributed by atoms with Crippen LogP contribution >= 0.6 is 0 Å². The molecule has 1 unspecified atom stereocenters.